The third-order valence-corrected chi connectivity index (χ3v) is 2.08. The first-order valence-electron chi connectivity index (χ1n) is 5.21. The highest BCUT2D eigenvalue weighted by molar-refractivity contribution is 5.58. The second kappa shape index (κ2) is 7.36. The summed E-state index contributed by atoms with van der Waals surface area (Å²) >= 11 is 0. The zero-order valence-electron chi connectivity index (χ0n) is 9.75. The van der Waals surface area contributed by atoms with Crippen LogP contribution < -0.4 is 5.32 Å². The molecule has 0 bridgehead atoms. The molecule has 0 heterocycles. The SMILES string of the molecule is C=C(/C=C\CC)NC=N[C@H](C)C(C)C. The number of hydrogen-bond donors (Lipinski definition) is 1. The Morgan fingerprint density at radius 3 is 2.57 bits per heavy atom. The van der Waals surface area contributed by atoms with Gasteiger partial charge in [-0.05, 0) is 25.3 Å². The molecule has 2 nitrogen and oxygen atoms in total. The van der Waals surface area contributed by atoms with Crippen molar-refractivity contribution in [1.82, 2.24) is 5.32 Å². The van der Waals surface area contributed by atoms with Crippen LogP contribution in [0.4, 0.5) is 0 Å². The van der Waals surface area contributed by atoms with Crippen LogP contribution in [0.3, 0.4) is 0 Å². The molecule has 0 aliphatic heterocycles. The Bertz CT molecular complexity index is 214. The second-order valence-corrected chi connectivity index (χ2v) is 3.74. The molecule has 1 atom stereocenters. The smallest absolute Gasteiger partial charge is 0.0871 e. The van der Waals surface area contributed by atoms with E-state index < -0.39 is 0 Å². The Hall–Kier alpha value is -1.05. The lowest BCUT2D eigenvalue weighted by molar-refractivity contribution is 0.532. The summed E-state index contributed by atoms with van der Waals surface area (Å²) in [4.78, 5) is 4.34. The summed E-state index contributed by atoms with van der Waals surface area (Å²) in [6.45, 7) is 12.4. The first-order valence-corrected chi connectivity index (χ1v) is 5.21. The van der Waals surface area contributed by atoms with Crippen molar-refractivity contribution in [2.24, 2.45) is 10.9 Å². The Morgan fingerprint density at radius 1 is 1.43 bits per heavy atom. The summed E-state index contributed by atoms with van der Waals surface area (Å²) in [5.74, 6) is 0.576. The molecule has 0 aromatic carbocycles. The quantitative estimate of drug-likeness (QED) is 0.392. The van der Waals surface area contributed by atoms with E-state index in [0.29, 0.717) is 12.0 Å². The van der Waals surface area contributed by atoms with Gasteiger partial charge in [0, 0.05) is 5.70 Å². The van der Waals surface area contributed by atoms with Crippen LogP contribution in [0.2, 0.25) is 0 Å². The molecule has 0 saturated carbocycles. The number of hydrogen-bond acceptors (Lipinski definition) is 1. The van der Waals surface area contributed by atoms with Gasteiger partial charge in [-0.25, -0.2) is 0 Å². The molecule has 0 unspecified atom stereocenters. The maximum absolute atomic E-state index is 4.34. The van der Waals surface area contributed by atoms with Crippen LogP contribution in [0, 0.1) is 5.92 Å². The van der Waals surface area contributed by atoms with Crippen LogP contribution in [-0.4, -0.2) is 12.4 Å². The van der Waals surface area contributed by atoms with E-state index in [2.05, 4.69) is 50.7 Å². The summed E-state index contributed by atoms with van der Waals surface area (Å²) in [6, 6.07) is 0.352. The van der Waals surface area contributed by atoms with Crippen LogP contribution in [0.15, 0.2) is 29.4 Å². The van der Waals surface area contributed by atoms with E-state index in [4.69, 9.17) is 0 Å². The summed E-state index contributed by atoms with van der Waals surface area (Å²) in [5.41, 5.74) is 0.881. The van der Waals surface area contributed by atoms with E-state index in [-0.39, 0.29) is 0 Å². The average molecular weight is 194 g/mol. The largest absolute Gasteiger partial charge is 0.347 e. The van der Waals surface area contributed by atoms with E-state index in [9.17, 15) is 0 Å². The van der Waals surface area contributed by atoms with Gasteiger partial charge in [0.05, 0.1) is 12.4 Å². The lowest BCUT2D eigenvalue weighted by Gasteiger charge is -2.09. The van der Waals surface area contributed by atoms with Crippen molar-refractivity contribution < 1.29 is 0 Å². The van der Waals surface area contributed by atoms with Crippen molar-refractivity contribution in [3.63, 3.8) is 0 Å². The molecule has 0 spiro atoms. The molecular formula is C12H22N2. The van der Waals surface area contributed by atoms with Crippen molar-refractivity contribution in [1.29, 1.82) is 0 Å². The molecule has 0 aromatic rings. The van der Waals surface area contributed by atoms with Gasteiger partial charge in [-0.2, -0.15) is 0 Å². The lowest BCUT2D eigenvalue weighted by Crippen LogP contribution is -2.13. The predicted octanol–water partition coefficient (Wildman–Crippen LogP) is 3.13. The number of aliphatic imine (C=N–C) groups is 1. The lowest BCUT2D eigenvalue weighted by atomic mass is 10.1. The molecule has 1 N–H and O–H groups in total. The maximum Gasteiger partial charge on any atom is 0.0871 e. The monoisotopic (exact) mass is 194 g/mol. The minimum atomic E-state index is 0.352. The second-order valence-electron chi connectivity index (χ2n) is 3.74. The number of nitrogens with zero attached hydrogens (tertiary/aromatic N) is 1. The first kappa shape index (κ1) is 12.9. The highest BCUT2D eigenvalue weighted by atomic mass is 15.0. The maximum atomic E-state index is 4.34. The molecule has 14 heavy (non-hydrogen) atoms. The third-order valence-electron chi connectivity index (χ3n) is 2.08. The van der Waals surface area contributed by atoms with Gasteiger partial charge in [-0.15, -0.1) is 0 Å². The molecule has 0 aliphatic rings. The molecule has 0 saturated heterocycles. The standard InChI is InChI=1S/C12H22N2/c1-6-7-8-11(4)13-9-14-12(5)10(2)3/h7-10,12H,4,6H2,1-3,5H3,(H,13,14)/b8-7-/t12-/m1/s1. The number of rotatable bonds is 6. The zero-order valence-corrected chi connectivity index (χ0v) is 9.75. The van der Waals surface area contributed by atoms with Gasteiger partial charge in [0.15, 0.2) is 0 Å². The normalized spacial score (nSPS) is 14.1. The zero-order chi connectivity index (χ0) is 11.0. The molecule has 0 rings (SSSR count). The van der Waals surface area contributed by atoms with Crippen molar-refractivity contribution in [3.8, 4) is 0 Å². The highest BCUT2D eigenvalue weighted by Crippen LogP contribution is 2.03. The summed E-state index contributed by atoms with van der Waals surface area (Å²) in [6.07, 6.45) is 6.79. The van der Waals surface area contributed by atoms with Crippen molar-refractivity contribution in [2.75, 3.05) is 0 Å². The van der Waals surface area contributed by atoms with E-state index in [1.165, 1.54) is 0 Å². The van der Waals surface area contributed by atoms with Gasteiger partial charge in [0.25, 0.3) is 0 Å². The molecule has 80 valence electrons. The predicted molar refractivity (Wildman–Crippen MR) is 64.5 cm³/mol. The fourth-order valence-electron chi connectivity index (χ4n) is 0.718. The molecule has 0 fully saturated rings. The molecule has 0 amide bonds. The van der Waals surface area contributed by atoms with Gasteiger partial charge in [-0.3, -0.25) is 4.99 Å². The third kappa shape index (κ3) is 6.46. The Kier molecular flexibility index (Phi) is 6.81. The van der Waals surface area contributed by atoms with Crippen LogP contribution in [0.25, 0.3) is 0 Å². The minimum absolute atomic E-state index is 0.352. The van der Waals surface area contributed by atoms with E-state index in [0.717, 1.165) is 12.1 Å². The van der Waals surface area contributed by atoms with Crippen molar-refractivity contribution in [3.05, 3.63) is 24.4 Å². The molecule has 2 heteroatoms. The number of allylic oxidation sites excluding steroid dienone is 2. The van der Waals surface area contributed by atoms with Crippen LogP contribution in [-0.2, 0) is 0 Å². The Labute approximate surface area is 87.8 Å². The summed E-state index contributed by atoms with van der Waals surface area (Å²) < 4.78 is 0. The van der Waals surface area contributed by atoms with Crippen LogP contribution in [0.5, 0.6) is 0 Å². The van der Waals surface area contributed by atoms with E-state index in [1.807, 2.05) is 6.08 Å². The molecule has 0 aromatic heterocycles. The van der Waals surface area contributed by atoms with Gasteiger partial charge in [-0.1, -0.05) is 33.4 Å². The first-order chi connectivity index (χ1) is 6.57. The van der Waals surface area contributed by atoms with Gasteiger partial charge in [0.1, 0.15) is 0 Å². The Balaban J connectivity index is 3.82. The highest BCUT2D eigenvalue weighted by Gasteiger charge is 2.01. The van der Waals surface area contributed by atoms with Crippen molar-refractivity contribution >= 4 is 6.34 Å². The van der Waals surface area contributed by atoms with Crippen LogP contribution >= 0.6 is 0 Å². The summed E-state index contributed by atoms with van der Waals surface area (Å²) in [5, 5.41) is 3.03. The average Bonchev–Trinajstić information content (AvgIpc) is 2.14. The van der Waals surface area contributed by atoms with Crippen LogP contribution in [0.1, 0.15) is 34.1 Å². The van der Waals surface area contributed by atoms with Crippen molar-refractivity contribution in [2.45, 2.75) is 40.2 Å². The fraction of sp³-hybridized carbons (Fsp3) is 0.583. The fourth-order valence-corrected chi connectivity index (χ4v) is 0.718. The minimum Gasteiger partial charge on any atom is -0.347 e. The molecule has 0 aliphatic carbocycles. The molecule has 0 radical (unpaired) electrons. The van der Waals surface area contributed by atoms with Gasteiger partial charge < -0.3 is 5.32 Å². The topological polar surface area (TPSA) is 24.4 Å². The van der Waals surface area contributed by atoms with E-state index >= 15 is 0 Å². The van der Waals surface area contributed by atoms with E-state index in [1.54, 1.807) is 6.34 Å². The van der Waals surface area contributed by atoms with Gasteiger partial charge in [0.2, 0.25) is 0 Å². The van der Waals surface area contributed by atoms with Gasteiger partial charge >= 0.3 is 0 Å². The summed E-state index contributed by atoms with van der Waals surface area (Å²) in [7, 11) is 0. The molecular weight excluding hydrogens is 172 g/mol. The number of nitrogens with one attached hydrogen (secondary N) is 1. The Morgan fingerprint density at radius 2 is 2.07 bits per heavy atom.